The number of nitrogens with zero attached hydrogens (tertiary/aromatic N) is 2. The maximum atomic E-state index is 4.26. The monoisotopic (exact) mass is 289 g/mol. The summed E-state index contributed by atoms with van der Waals surface area (Å²) in [5, 5.41) is 0. The van der Waals surface area contributed by atoms with Crippen LogP contribution in [-0.2, 0) is 7.05 Å². The van der Waals surface area contributed by atoms with E-state index in [1.54, 1.807) is 0 Å². The summed E-state index contributed by atoms with van der Waals surface area (Å²) in [5.74, 6) is 0. The molecule has 2 heterocycles. The molecule has 0 radical (unpaired) electrons. The molecule has 0 aliphatic carbocycles. The predicted molar refractivity (Wildman–Crippen MR) is 90.5 cm³/mol. The lowest BCUT2D eigenvalue weighted by atomic mass is 9.96. The van der Waals surface area contributed by atoms with Crippen LogP contribution in [-0.4, -0.2) is 4.98 Å². The van der Waals surface area contributed by atoms with Gasteiger partial charge in [0.1, 0.15) is 7.05 Å². The Morgan fingerprint density at radius 1 is 0.864 bits per heavy atom. The van der Waals surface area contributed by atoms with Crippen molar-refractivity contribution in [1.82, 2.24) is 4.98 Å². The zero-order valence-corrected chi connectivity index (χ0v) is 13.6. The van der Waals surface area contributed by atoms with Crippen LogP contribution in [0.5, 0.6) is 0 Å². The fourth-order valence-electron chi connectivity index (χ4n) is 3.04. The van der Waals surface area contributed by atoms with E-state index >= 15 is 0 Å². The SMILES string of the molecule is Cc1ccncc1-c1ccc(-c2c(C)cccc2C)c[n+]1C. The highest BCUT2D eigenvalue weighted by atomic mass is 14.9. The molecule has 22 heavy (non-hydrogen) atoms. The zero-order chi connectivity index (χ0) is 15.7. The maximum Gasteiger partial charge on any atom is 0.214 e. The summed E-state index contributed by atoms with van der Waals surface area (Å²) in [7, 11) is 2.10. The third kappa shape index (κ3) is 2.52. The van der Waals surface area contributed by atoms with Gasteiger partial charge in [-0.15, -0.1) is 0 Å². The topological polar surface area (TPSA) is 16.8 Å². The average molecular weight is 289 g/mol. The van der Waals surface area contributed by atoms with E-state index in [2.05, 4.69) is 80.0 Å². The normalized spacial score (nSPS) is 10.7. The Bertz CT molecular complexity index is 815. The largest absolute Gasteiger partial charge is 0.264 e. The van der Waals surface area contributed by atoms with E-state index in [1.165, 1.54) is 39.1 Å². The summed E-state index contributed by atoms with van der Waals surface area (Å²) < 4.78 is 2.19. The molecule has 110 valence electrons. The Kier molecular flexibility index (Phi) is 3.76. The lowest BCUT2D eigenvalue weighted by Crippen LogP contribution is -2.31. The number of aromatic nitrogens is 2. The van der Waals surface area contributed by atoms with Crippen LogP contribution in [0.15, 0.2) is 55.0 Å². The smallest absolute Gasteiger partial charge is 0.214 e. The lowest BCUT2D eigenvalue weighted by Gasteiger charge is -2.10. The number of rotatable bonds is 2. The van der Waals surface area contributed by atoms with Crippen LogP contribution >= 0.6 is 0 Å². The van der Waals surface area contributed by atoms with Gasteiger partial charge in [0.2, 0.25) is 5.69 Å². The van der Waals surface area contributed by atoms with Crippen molar-refractivity contribution in [2.75, 3.05) is 0 Å². The van der Waals surface area contributed by atoms with Crippen LogP contribution in [0.4, 0.5) is 0 Å². The Hall–Kier alpha value is -2.48. The molecular weight excluding hydrogens is 268 g/mol. The Labute approximate surface area is 132 Å². The van der Waals surface area contributed by atoms with Crippen molar-refractivity contribution in [2.24, 2.45) is 7.05 Å². The van der Waals surface area contributed by atoms with E-state index < -0.39 is 0 Å². The van der Waals surface area contributed by atoms with Crippen LogP contribution in [0, 0.1) is 20.8 Å². The molecule has 0 aliphatic heterocycles. The molecule has 0 N–H and O–H groups in total. The summed E-state index contributed by atoms with van der Waals surface area (Å²) in [4.78, 5) is 4.26. The van der Waals surface area contributed by atoms with Crippen LogP contribution < -0.4 is 4.57 Å². The van der Waals surface area contributed by atoms with Gasteiger partial charge in [0, 0.05) is 24.0 Å². The molecule has 0 saturated heterocycles. The third-order valence-corrected chi connectivity index (χ3v) is 4.22. The second-order valence-corrected chi connectivity index (χ2v) is 5.87. The molecule has 0 saturated carbocycles. The molecule has 1 aromatic carbocycles. The van der Waals surface area contributed by atoms with Crippen molar-refractivity contribution in [3.8, 4) is 22.4 Å². The molecule has 0 atom stereocenters. The third-order valence-electron chi connectivity index (χ3n) is 4.22. The molecule has 0 bridgehead atoms. The first-order chi connectivity index (χ1) is 10.6. The number of hydrogen-bond donors (Lipinski definition) is 0. The van der Waals surface area contributed by atoms with Crippen molar-refractivity contribution >= 4 is 0 Å². The van der Waals surface area contributed by atoms with Crippen molar-refractivity contribution in [3.05, 3.63) is 71.7 Å². The van der Waals surface area contributed by atoms with Crippen molar-refractivity contribution in [2.45, 2.75) is 20.8 Å². The minimum Gasteiger partial charge on any atom is -0.264 e. The summed E-state index contributed by atoms with van der Waals surface area (Å²) in [6.45, 7) is 6.46. The van der Waals surface area contributed by atoms with Crippen LogP contribution in [0.1, 0.15) is 16.7 Å². The fourth-order valence-corrected chi connectivity index (χ4v) is 3.04. The number of aryl methyl sites for hydroxylation is 4. The summed E-state index contributed by atoms with van der Waals surface area (Å²) in [5.41, 5.74) is 8.80. The van der Waals surface area contributed by atoms with Crippen LogP contribution in [0.2, 0.25) is 0 Å². The quantitative estimate of drug-likeness (QED) is 0.647. The van der Waals surface area contributed by atoms with Crippen LogP contribution in [0.25, 0.3) is 22.4 Å². The van der Waals surface area contributed by atoms with Gasteiger partial charge < -0.3 is 0 Å². The molecule has 0 amide bonds. The first kappa shape index (κ1) is 14.5. The van der Waals surface area contributed by atoms with E-state index in [-0.39, 0.29) is 0 Å². The highest BCUT2D eigenvalue weighted by molar-refractivity contribution is 5.71. The summed E-state index contributed by atoms with van der Waals surface area (Å²) >= 11 is 0. The standard InChI is InChI=1S/C20H21N2/c1-14-10-11-21-12-18(14)19-9-8-17(13-22(19)4)20-15(2)6-5-7-16(20)3/h5-13H,1-4H3/q+1. The molecular formula is C20H21N2+. The molecule has 0 unspecified atom stereocenters. The van der Waals surface area contributed by atoms with Gasteiger partial charge in [0.15, 0.2) is 6.20 Å². The van der Waals surface area contributed by atoms with Gasteiger partial charge in [-0.2, -0.15) is 0 Å². The van der Waals surface area contributed by atoms with Gasteiger partial charge >= 0.3 is 0 Å². The van der Waals surface area contributed by atoms with E-state index in [0.717, 1.165) is 0 Å². The Morgan fingerprint density at radius 3 is 2.23 bits per heavy atom. The number of hydrogen-bond acceptors (Lipinski definition) is 1. The molecule has 0 spiro atoms. The van der Waals surface area contributed by atoms with Gasteiger partial charge in [-0.1, -0.05) is 18.2 Å². The zero-order valence-electron chi connectivity index (χ0n) is 13.6. The maximum absolute atomic E-state index is 4.26. The minimum absolute atomic E-state index is 1.18. The van der Waals surface area contributed by atoms with Crippen LogP contribution in [0.3, 0.4) is 0 Å². The molecule has 0 aliphatic rings. The van der Waals surface area contributed by atoms with Gasteiger partial charge in [-0.25, -0.2) is 4.57 Å². The first-order valence-corrected chi connectivity index (χ1v) is 7.55. The molecule has 2 heteroatoms. The van der Waals surface area contributed by atoms with E-state index in [9.17, 15) is 0 Å². The lowest BCUT2D eigenvalue weighted by molar-refractivity contribution is -0.659. The summed E-state index contributed by atoms with van der Waals surface area (Å²) in [6, 6.07) is 12.9. The van der Waals surface area contributed by atoms with Gasteiger partial charge in [0.05, 0.1) is 5.56 Å². The average Bonchev–Trinajstić information content (AvgIpc) is 2.48. The molecule has 2 aromatic heterocycles. The van der Waals surface area contributed by atoms with Crippen molar-refractivity contribution in [1.29, 1.82) is 0 Å². The predicted octanol–water partition coefficient (Wildman–Crippen LogP) is 4.17. The van der Waals surface area contributed by atoms with Crippen molar-refractivity contribution < 1.29 is 4.57 Å². The van der Waals surface area contributed by atoms with Crippen molar-refractivity contribution in [3.63, 3.8) is 0 Å². The van der Waals surface area contributed by atoms with Gasteiger partial charge in [0.25, 0.3) is 0 Å². The molecule has 3 rings (SSSR count). The first-order valence-electron chi connectivity index (χ1n) is 7.55. The second-order valence-electron chi connectivity index (χ2n) is 5.87. The van der Waals surface area contributed by atoms with E-state index in [0.29, 0.717) is 0 Å². The Balaban J connectivity index is 2.13. The highest BCUT2D eigenvalue weighted by Crippen LogP contribution is 2.27. The Morgan fingerprint density at radius 2 is 1.59 bits per heavy atom. The minimum atomic E-state index is 1.18. The van der Waals surface area contributed by atoms with Gasteiger partial charge in [-0.3, -0.25) is 4.98 Å². The van der Waals surface area contributed by atoms with Gasteiger partial charge in [-0.05, 0) is 55.2 Å². The molecule has 0 fully saturated rings. The molecule has 2 nitrogen and oxygen atoms in total. The van der Waals surface area contributed by atoms with E-state index in [1.807, 2.05) is 12.4 Å². The summed E-state index contributed by atoms with van der Waals surface area (Å²) in [6.07, 6.45) is 5.98. The fraction of sp³-hybridized carbons (Fsp3) is 0.200. The van der Waals surface area contributed by atoms with E-state index in [4.69, 9.17) is 0 Å². The number of pyridine rings is 2. The highest BCUT2D eigenvalue weighted by Gasteiger charge is 2.15. The second kappa shape index (κ2) is 5.72. The molecule has 3 aromatic rings. The number of benzene rings is 1.